The van der Waals surface area contributed by atoms with E-state index in [-0.39, 0.29) is 5.78 Å². The molecule has 0 amide bonds. The molecule has 0 radical (unpaired) electrons. The molecular weight excluding hydrogens is 162 g/mol. The molecule has 0 heterocycles. The highest BCUT2D eigenvalue weighted by atomic mass is 16.1. The van der Waals surface area contributed by atoms with Crippen molar-refractivity contribution in [3.63, 3.8) is 0 Å². The van der Waals surface area contributed by atoms with Gasteiger partial charge in [-0.2, -0.15) is 0 Å². The maximum Gasteiger partial charge on any atom is 0.160 e. The first-order valence-electron chi connectivity index (χ1n) is 4.42. The van der Waals surface area contributed by atoms with E-state index in [1.807, 2.05) is 6.07 Å². The van der Waals surface area contributed by atoms with Crippen molar-refractivity contribution >= 4 is 11.5 Å². The predicted octanol–water partition coefficient (Wildman–Crippen LogP) is 2.59. The maximum absolute atomic E-state index is 11.2. The molecule has 0 bridgehead atoms. The number of nitrogen functional groups attached to an aromatic ring is 1. The van der Waals surface area contributed by atoms with Gasteiger partial charge in [-0.15, -0.1) is 0 Å². The topological polar surface area (TPSA) is 43.1 Å². The number of nitrogens with two attached hydrogens (primary N) is 1. The zero-order valence-electron chi connectivity index (χ0n) is 8.29. The summed E-state index contributed by atoms with van der Waals surface area (Å²) in [6.45, 7) is 5.69. The Bertz CT molecular complexity index is 329. The van der Waals surface area contributed by atoms with Gasteiger partial charge in [-0.25, -0.2) is 0 Å². The molecular formula is C11H15NO. The molecule has 2 nitrogen and oxygen atoms in total. The van der Waals surface area contributed by atoms with E-state index in [0.717, 1.165) is 11.1 Å². The molecule has 13 heavy (non-hydrogen) atoms. The lowest BCUT2D eigenvalue weighted by Crippen LogP contribution is -2.02. The SMILES string of the molecule is CC(=O)c1ccc(N)cc1C(C)C. The van der Waals surface area contributed by atoms with Crippen molar-refractivity contribution in [2.75, 3.05) is 5.73 Å². The normalized spacial score (nSPS) is 10.5. The fraction of sp³-hybridized carbons (Fsp3) is 0.364. The number of benzene rings is 1. The van der Waals surface area contributed by atoms with E-state index in [2.05, 4.69) is 13.8 Å². The standard InChI is InChI=1S/C11H15NO/c1-7(2)11-6-9(12)4-5-10(11)8(3)13/h4-7H,12H2,1-3H3. The quantitative estimate of drug-likeness (QED) is 0.557. The minimum atomic E-state index is 0.101. The van der Waals surface area contributed by atoms with E-state index in [4.69, 9.17) is 5.73 Å². The van der Waals surface area contributed by atoms with Crippen molar-refractivity contribution in [3.8, 4) is 0 Å². The molecule has 0 saturated heterocycles. The third-order valence-electron chi connectivity index (χ3n) is 2.08. The zero-order valence-corrected chi connectivity index (χ0v) is 8.29. The Kier molecular flexibility index (Phi) is 2.71. The summed E-state index contributed by atoms with van der Waals surface area (Å²) >= 11 is 0. The van der Waals surface area contributed by atoms with Crippen LogP contribution in [0.4, 0.5) is 5.69 Å². The van der Waals surface area contributed by atoms with Gasteiger partial charge in [0.05, 0.1) is 0 Å². The van der Waals surface area contributed by atoms with Crippen molar-refractivity contribution < 1.29 is 4.79 Å². The van der Waals surface area contributed by atoms with Gasteiger partial charge in [0.2, 0.25) is 0 Å². The first-order chi connectivity index (χ1) is 6.02. The molecule has 0 unspecified atom stereocenters. The van der Waals surface area contributed by atoms with Crippen molar-refractivity contribution in [1.82, 2.24) is 0 Å². The number of rotatable bonds is 2. The van der Waals surface area contributed by atoms with Crippen molar-refractivity contribution in [1.29, 1.82) is 0 Å². The van der Waals surface area contributed by atoms with Gasteiger partial charge in [0, 0.05) is 11.3 Å². The smallest absolute Gasteiger partial charge is 0.160 e. The number of ketones is 1. The molecule has 2 N–H and O–H groups in total. The average Bonchev–Trinajstić information content (AvgIpc) is 2.03. The van der Waals surface area contributed by atoms with Crippen LogP contribution in [0.3, 0.4) is 0 Å². The van der Waals surface area contributed by atoms with Crippen LogP contribution in [-0.2, 0) is 0 Å². The molecule has 1 rings (SSSR count). The van der Waals surface area contributed by atoms with E-state index in [1.54, 1.807) is 19.1 Å². The lowest BCUT2D eigenvalue weighted by molar-refractivity contribution is 0.101. The van der Waals surface area contributed by atoms with E-state index < -0.39 is 0 Å². The Morgan fingerprint density at radius 1 is 1.38 bits per heavy atom. The van der Waals surface area contributed by atoms with Gasteiger partial charge >= 0.3 is 0 Å². The number of Topliss-reactive ketones (excluding diaryl/α,β-unsaturated/α-hetero) is 1. The lowest BCUT2D eigenvalue weighted by Gasteiger charge is -2.10. The van der Waals surface area contributed by atoms with Crippen LogP contribution in [0.1, 0.15) is 42.6 Å². The molecule has 0 saturated carbocycles. The van der Waals surface area contributed by atoms with Crippen molar-refractivity contribution in [2.24, 2.45) is 0 Å². The predicted molar refractivity (Wildman–Crippen MR) is 54.9 cm³/mol. The van der Waals surface area contributed by atoms with E-state index in [0.29, 0.717) is 11.6 Å². The molecule has 2 heteroatoms. The second-order valence-corrected chi connectivity index (χ2v) is 3.56. The first kappa shape index (κ1) is 9.78. The highest BCUT2D eigenvalue weighted by Crippen LogP contribution is 2.22. The molecule has 0 aliphatic carbocycles. The van der Waals surface area contributed by atoms with Gasteiger partial charge in [-0.1, -0.05) is 13.8 Å². The molecule has 0 aliphatic rings. The number of carbonyl (C=O) groups is 1. The third-order valence-corrected chi connectivity index (χ3v) is 2.08. The van der Waals surface area contributed by atoms with E-state index >= 15 is 0 Å². The monoisotopic (exact) mass is 177 g/mol. The van der Waals surface area contributed by atoms with Crippen molar-refractivity contribution in [3.05, 3.63) is 29.3 Å². The molecule has 0 aliphatic heterocycles. The highest BCUT2D eigenvalue weighted by molar-refractivity contribution is 5.96. The van der Waals surface area contributed by atoms with Crippen LogP contribution >= 0.6 is 0 Å². The van der Waals surface area contributed by atoms with Gasteiger partial charge in [0.1, 0.15) is 0 Å². The largest absolute Gasteiger partial charge is 0.399 e. The summed E-state index contributed by atoms with van der Waals surface area (Å²) in [7, 11) is 0. The molecule has 0 atom stereocenters. The van der Waals surface area contributed by atoms with Crippen LogP contribution in [0.25, 0.3) is 0 Å². The summed E-state index contributed by atoms with van der Waals surface area (Å²) in [5.41, 5.74) is 8.19. The molecule has 1 aromatic carbocycles. The number of anilines is 1. The number of carbonyl (C=O) groups excluding carboxylic acids is 1. The summed E-state index contributed by atoms with van der Waals surface area (Å²) in [6, 6.07) is 5.44. The van der Waals surface area contributed by atoms with Gasteiger partial charge in [-0.3, -0.25) is 4.79 Å². The molecule has 0 aromatic heterocycles. The highest BCUT2D eigenvalue weighted by Gasteiger charge is 2.09. The second kappa shape index (κ2) is 3.60. The molecule has 0 spiro atoms. The molecule has 1 aromatic rings. The maximum atomic E-state index is 11.2. The Morgan fingerprint density at radius 3 is 2.46 bits per heavy atom. The van der Waals surface area contributed by atoms with Crippen LogP contribution in [-0.4, -0.2) is 5.78 Å². The molecule has 70 valence electrons. The van der Waals surface area contributed by atoms with Crippen LogP contribution in [0, 0.1) is 0 Å². The Labute approximate surface area is 78.8 Å². The lowest BCUT2D eigenvalue weighted by atomic mass is 9.95. The summed E-state index contributed by atoms with van der Waals surface area (Å²) in [5.74, 6) is 0.436. The van der Waals surface area contributed by atoms with Crippen molar-refractivity contribution in [2.45, 2.75) is 26.7 Å². The Hall–Kier alpha value is -1.31. The fourth-order valence-corrected chi connectivity index (χ4v) is 1.38. The number of hydrogen-bond acceptors (Lipinski definition) is 2. The summed E-state index contributed by atoms with van der Waals surface area (Å²) < 4.78 is 0. The van der Waals surface area contributed by atoms with E-state index in [9.17, 15) is 4.79 Å². The third kappa shape index (κ3) is 2.08. The number of hydrogen-bond donors (Lipinski definition) is 1. The first-order valence-corrected chi connectivity index (χ1v) is 4.42. The fourth-order valence-electron chi connectivity index (χ4n) is 1.38. The Balaban J connectivity index is 3.26. The summed E-state index contributed by atoms with van der Waals surface area (Å²) in [6.07, 6.45) is 0. The minimum Gasteiger partial charge on any atom is -0.399 e. The van der Waals surface area contributed by atoms with Crippen LogP contribution < -0.4 is 5.73 Å². The van der Waals surface area contributed by atoms with Gasteiger partial charge in [-0.05, 0) is 36.6 Å². The zero-order chi connectivity index (χ0) is 10.0. The Morgan fingerprint density at radius 2 is 2.00 bits per heavy atom. The average molecular weight is 177 g/mol. The summed E-state index contributed by atoms with van der Waals surface area (Å²) in [5, 5.41) is 0. The van der Waals surface area contributed by atoms with Crippen LogP contribution in [0.2, 0.25) is 0 Å². The van der Waals surface area contributed by atoms with Gasteiger partial charge < -0.3 is 5.73 Å². The van der Waals surface area contributed by atoms with Gasteiger partial charge in [0.25, 0.3) is 0 Å². The molecule has 0 fully saturated rings. The summed E-state index contributed by atoms with van der Waals surface area (Å²) in [4.78, 5) is 11.2. The van der Waals surface area contributed by atoms with Gasteiger partial charge in [0.15, 0.2) is 5.78 Å². The van der Waals surface area contributed by atoms with Crippen LogP contribution in [0.15, 0.2) is 18.2 Å². The second-order valence-electron chi connectivity index (χ2n) is 3.56. The van der Waals surface area contributed by atoms with Crippen LogP contribution in [0.5, 0.6) is 0 Å². The van der Waals surface area contributed by atoms with E-state index in [1.165, 1.54) is 0 Å². The minimum absolute atomic E-state index is 0.101.